The van der Waals surface area contributed by atoms with E-state index in [0.717, 1.165) is 23.9 Å². The molecule has 1 saturated carbocycles. The highest BCUT2D eigenvalue weighted by Gasteiger charge is 2.17. The fourth-order valence-corrected chi connectivity index (χ4v) is 4.27. The lowest BCUT2D eigenvalue weighted by Crippen LogP contribution is -2.19. The Morgan fingerprint density at radius 3 is 2.62 bits per heavy atom. The molecule has 0 bridgehead atoms. The summed E-state index contributed by atoms with van der Waals surface area (Å²) in [6, 6.07) is 8.32. The Bertz CT molecular complexity index is 1090. The predicted molar refractivity (Wildman–Crippen MR) is 112 cm³/mol. The molecule has 2 aromatic heterocycles. The second-order valence-electron chi connectivity index (χ2n) is 7.45. The second kappa shape index (κ2) is 7.96. The number of fused-ring (bicyclic) bond motifs is 1. The standard InChI is InChI=1S/C19H25N7O2S/c1-25(15-7-9-16(10-8-15)29(20,27)28)18-11-17(24-19-22-13-23-26(18)19)21-12-14-5-3-2-4-6-14/h7-11,13-14H,2-6,12H2,1H3,(H2,20,27,28)(H,21,22,23,24). The minimum Gasteiger partial charge on any atom is -0.370 e. The monoisotopic (exact) mass is 415 g/mol. The molecule has 1 fully saturated rings. The van der Waals surface area contributed by atoms with E-state index in [1.54, 1.807) is 16.6 Å². The van der Waals surface area contributed by atoms with Gasteiger partial charge in [0.2, 0.25) is 10.0 Å². The lowest BCUT2D eigenvalue weighted by molar-refractivity contribution is 0.373. The van der Waals surface area contributed by atoms with Crippen molar-refractivity contribution >= 4 is 33.1 Å². The van der Waals surface area contributed by atoms with Crippen LogP contribution in [-0.4, -0.2) is 41.6 Å². The number of primary sulfonamides is 1. The highest BCUT2D eigenvalue weighted by Crippen LogP contribution is 2.28. The number of hydrogen-bond acceptors (Lipinski definition) is 7. The van der Waals surface area contributed by atoms with Crippen LogP contribution in [0.3, 0.4) is 0 Å². The fraction of sp³-hybridized carbons (Fsp3) is 0.421. The van der Waals surface area contributed by atoms with Crippen LogP contribution >= 0.6 is 0 Å². The highest BCUT2D eigenvalue weighted by atomic mass is 32.2. The van der Waals surface area contributed by atoms with Crippen molar-refractivity contribution in [2.75, 3.05) is 23.8 Å². The molecule has 0 radical (unpaired) electrons. The van der Waals surface area contributed by atoms with Crippen molar-refractivity contribution < 1.29 is 8.42 Å². The van der Waals surface area contributed by atoms with Crippen molar-refractivity contribution in [3.63, 3.8) is 0 Å². The number of rotatable bonds is 6. The molecule has 0 aliphatic heterocycles. The number of sulfonamides is 1. The van der Waals surface area contributed by atoms with Crippen LogP contribution in [0.1, 0.15) is 32.1 Å². The molecule has 29 heavy (non-hydrogen) atoms. The minimum absolute atomic E-state index is 0.0742. The average Bonchev–Trinajstić information content (AvgIpc) is 3.20. The molecule has 2 heterocycles. The Kier molecular flexibility index (Phi) is 5.37. The van der Waals surface area contributed by atoms with E-state index in [-0.39, 0.29) is 4.90 Å². The zero-order valence-electron chi connectivity index (χ0n) is 16.3. The van der Waals surface area contributed by atoms with Gasteiger partial charge in [0, 0.05) is 25.3 Å². The predicted octanol–water partition coefficient (Wildman–Crippen LogP) is 2.53. The van der Waals surface area contributed by atoms with Gasteiger partial charge in [-0.05, 0) is 43.0 Å². The van der Waals surface area contributed by atoms with Crippen LogP contribution in [-0.2, 0) is 10.0 Å². The summed E-state index contributed by atoms with van der Waals surface area (Å²) >= 11 is 0. The summed E-state index contributed by atoms with van der Waals surface area (Å²) < 4.78 is 24.6. The van der Waals surface area contributed by atoms with Crippen LogP contribution in [0.5, 0.6) is 0 Å². The fourth-order valence-electron chi connectivity index (χ4n) is 3.76. The molecule has 154 valence electrons. The van der Waals surface area contributed by atoms with Gasteiger partial charge in [-0.2, -0.15) is 19.6 Å². The van der Waals surface area contributed by atoms with Crippen LogP contribution in [0.15, 0.2) is 41.6 Å². The molecule has 0 spiro atoms. The largest absolute Gasteiger partial charge is 0.370 e. The molecule has 3 aromatic rings. The number of anilines is 3. The van der Waals surface area contributed by atoms with Gasteiger partial charge in [0.25, 0.3) is 5.78 Å². The molecule has 0 unspecified atom stereocenters. The number of hydrogen-bond donors (Lipinski definition) is 2. The van der Waals surface area contributed by atoms with Gasteiger partial charge in [-0.1, -0.05) is 19.3 Å². The minimum atomic E-state index is -3.73. The van der Waals surface area contributed by atoms with Gasteiger partial charge in [0.1, 0.15) is 18.0 Å². The van der Waals surface area contributed by atoms with Crippen LogP contribution in [0.25, 0.3) is 5.78 Å². The average molecular weight is 416 g/mol. The lowest BCUT2D eigenvalue weighted by Gasteiger charge is -2.23. The third-order valence-electron chi connectivity index (χ3n) is 5.43. The van der Waals surface area contributed by atoms with Crippen LogP contribution in [0.2, 0.25) is 0 Å². The van der Waals surface area contributed by atoms with Gasteiger partial charge < -0.3 is 10.2 Å². The molecule has 1 aromatic carbocycles. The summed E-state index contributed by atoms with van der Waals surface area (Å²) in [5, 5.41) is 12.9. The van der Waals surface area contributed by atoms with E-state index in [1.165, 1.54) is 50.6 Å². The molecule has 3 N–H and O–H groups in total. The second-order valence-corrected chi connectivity index (χ2v) is 9.02. The van der Waals surface area contributed by atoms with Gasteiger partial charge in [-0.15, -0.1) is 0 Å². The SMILES string of the molecule is CN(c1ccc(S(N)(=O)=O)cc1)c1cc(NCC2CCCCC2)nc2ncnn12. The van der Waals surface area contributed by atoms with E-state index < -0.39 is 10.0 Å². The summed E-state index contributed by atoms with van der Waals surface area (Å²) in [7, 11) is -1.84. The van der Waals surface area contributed by atoms with Gasteiger partial charge in [0.15, 0.2) is 0 Å². The Morgan fingerprint density at radius 2 is 1.93 bits per heavy atom. The smallest absolute Gasteiger partial charge is 0.256 e. The summed E-state index contributed by atoms with van der Waals surface area (Å²) in [6.07, 6.45) is 7.90. The molecule has 0 atom stereocenters. The Morgan fingerprint density at radius 1 is 1.21 bits per heavy atom. The molecular formula is C19H25N7O2S. The van der Waals surface area contributed by atoms with Crippen molar-refractivity contribution in [1.82, 2.24) is 19.6 Å². The van der Waals surface area contributed by atoms with Crippen LogP contribution in [0, 0.1) is 5.92 Å². The zero-order valence-corrected chi connectivity index (χ0v) is 17.1. The first-order chi connectivity index (χ1) is 13.9. The number of aromatic nitrogens is 4. The van der Waals surface area contributed by atoms with Crippen molar-refractivity contribution in [3.05, 3.63) is 36.7 Å². The number of nitrogens with one attached hydrogen (secondary N) is 1. The van der Waals surface area contributed by atoms with Gasteiger partial charge in [-0.25, -0.2) is 13.6 Å². The molecule has 1 aliphatic rings. The summed E-state index contributed by atoms with van der Waals surface area (Å²) in [4.78, 5) is 10.8. The normalized spacial score (nSPS) is 15.5. The van der Waals surface area contributed by atoms with E-state index in [4.69, 9.17) is 5.14 Å². The highest BCUT2D eigenvalue weighted by molar-refractivity contribution is 7.89. The first kappa shape index (κ1) is 19.6. The van der Waals surface area contributed by atoms with Gasteiger partial charge in [0.05, 0.1) is 4.90 Å². The zero-order chi connectivity index (χ0) is 20.4. The van der Waals surface area contributed by atoms with Crippen LogP contribution < -0.4 is 15.4 Å². The van der Waals surface area contributed by atoms with Crippen molar-refractivity contribution in [3.8, 4) is 0 Å². The Labute approximate surface area is 170 Å². The van der Waals surface area contributed by atoms with E-state index >= 15 is 0 Å². The maximum absolute atomic E-state index is 11.5. The Hall–Kier alpha value is -2.72. The third-order valence-corrected chi connectivity index (χ3v) is 6.36. The van der Waals surface area contributed by atoms with Gasteiger partial charge in [-0.3, -0.25) is 0 Å². The molecule has 9 nitrogen and oxygen atoms in total. The maximum Gasteiger partial charge on any atom is 0.256 e. The first-order valence-electron chi connectivity index (χ1n) is 9.73. The van der Waals surface area contributed by atoms with Crippen LogP contribution in [0.4, 0.5) is 17.3 Å². The van der Waals surface area contributed by atoms with E-state index in [9.17, 15) is 8.42 Å². The number of benzene rings is 1. The topological polar surface area (TPSA) is 119 Å². The summed E-state index contributed by atoms with van der Waals surface area (Å²) in [5.74, 6) is 2.69. The molecule has 0 amide bonds. The first-order valence-corrected chi connectivity index (χ1v) is 11.3. The number of nitrogens with two attached hydrogens (primary N) is 1. The van der Waals surface area contributed by atoms with Gasteiger partial charge >= 0.3 is 0 Å². The van der Waals surface area contributed by atoms with Crippen molar-refractivity contribution in [2.24, 2.45) is 11.1 Å². The third kappa shape index (κ3) is 4.33. The summed E-state index contributed by atoms with van der Waals surface area (Å²) in [5.41, 5.74) is 0.790. The quantitative estimate of drug-likeness (QED) is 0.635. The lowest BCUT2D eigenvalue weighted by atomic mass is 9.89. The van der Waals surface area contributed by atoms with E-state index in [0.29, 0.717) is 11.7 Å². The van der Waals surface area contributed by atoms with Crippen molar-refractivity contribution in [2.45, 2.75) is 37.0 Å². The van der Waals surface area contributed by atoms with E-state index in [2.05, 4.69) is 20.4 Å². The maximum atomic E-state index is 11.5. The van der Waals surface area contributed by atoms with Crippen molar-refractivity contribution in [1.29, 1.82) is 0 Å². The molecule has 10 heteroatoms. The Balaban J connectivity index is 1.60. The molecule has 0 saturated heterocycles. The summed E-state index contributed by atoms with van der Waals surface area (Å²) in [6.45, 7) is 0.892. The van der Waals surface area contributed by atoms with E-state index in [1.807, 2.05) is 18.0 Å². The number of nitrogens with zero attached hydrogens (tertiary/aromatic N) is 5. The molecule has 4 rings (SSSR count). The molecule has 1 aliphatic carbocycles. The molecular weight excluding hydrogens is 390 g/mol.